The maximum absolute atomic E-state index is 12.5. The predicted octanol–water partition coefficient (Wildman–Crippen LogP) is 2.60. The molecule has 5 nitrogen and oxygen atoms in total. The van der Waals surface area contributed by atoms with Gasteiger partial charge in [-0.15, -0.1) is 0 Å². The average Bonchev–Trinajstić information content (AvgIpc) is 3.23. The van der Waals surface area contributed by atoms with Crippen LogP contribution in [0.15, 0.2) is 54.6 Å². The Balaban J connectivity index is 1.21. The van der Waals surface area contributed by atoms with Gasteiger partial charge < -0.3 is 15.3 Å². The molecule has 0 aliphatic carbocycles. The fourth-order valence-corrected chi connectivity index (χ4v) is 4.33. The highest BCUT2D eigenvalue weighted by Gasteiger charge is 2.27. The fourth-order valence-electron chi connectivity index (χ4n) is 4.33. The highest BCUT2D eigenvalue weighted by Crippen LogP contribution is 2.26. The third-order valence-electron chi connectivity index (χ3n) is 5.91. The Hall–Kier alpha value is -2.37. The van der Waals surface area contributed by atoms with E-state index in [1.807, 2.05) is 23.1 Å². The van der Waals surface area contributed by atoms with Crippen molar-refractivity contribution in [2.24, 2.45) is 0 Å². The van der Waals surface area contributed by atoms with Gasteiger partial charge in [0.1, 0.15) is 0 Å². The van der Waals surface area contributed by atoms with Crippen LogP contribution in [0.25, 0.3) is 0 Å². The lowest BCUT2D eigenvalue weighted by Crippen LogP contribution is -2.45. The van der Waals surface area contributed by atoms with Gasteiger partial charge in [0.15, 0.2) is 0 Å². The van der Waals surface area contributed by atoms with Crippen molar-refractivity contribution in [3.05, 3.63) is 71.3 Å². The number of amides is 2. The van der Waals surface area contributed by atoms with Crippen LogP contribution in [0.4, 0.5) is 4.79 Å². The number of aliphatic hydroxyl groups excluding tert-OH is 1. The second kappa shape index (κ2) is 8.76. The predicted molar refractivity (Wildman–Crippen MR) is 110 cm³/mol. The van der Waals surface area contributed by atoms with Crippen LogP contribution < -0.4 is 5.32 Å². The van der Waals surface area contributed by atoms with Crippen LogP contribution in [0.2, 0.25) is 0 Å². The summed E-state index contributed by atoms with van der Waals surface area (Å²) in [7, 11) is 0. The smallest absolute Gasteiger partial charge is 0.317 e. The molecule has 1 fully saturated rings. The summed E-state index contributed by atoms with van der Waals surface area (Å²) in [5.41, 5.74) is 4.04. The van der Waals surface area contributed by atoms with Gasteiger partial charge in [-0.2, -0.15) is 0 Å². The molecule has 2 aliphatic rings. The van der Waals surface area contributed by atoms with Crippen LogP contribution in [-0.4, -0.2) is 59.8 Å². The topological polar surface area (TPSA) is 55.8 Å². The molecular formula is C23H29N3O2. The van der Waals surface area contributed by atoms with E-state index in [1.165, 1.54) is 16.7 Å². The molecule has 2 N–H and O–H groups in total. The van der Waals surface area contributed by atoms with Crippen molar-refractivity contribution < 1.29 is 9.90 Å². The zero-order valence-corrected chi connectivity index (χ0v) is 16.3. The van der Waals surface area contributed by atoms with Crippen molar-refractivity contribution >= 4 is 6.03 Å². The molecule has 0 unspecified atom stereocenters. The van der Waals surface area contributed by atoms with Gasteiger partial charge in [-0.3, -0.25) is 4.90 Å². The number of hydrogen-bond donors (Lipinski definition) is 2. The first-order chi connectivity index (χ1) is 13.7. The van der Waals surface area contributed by atoms with Crippen LogP contribution in [-0.2, 0) is 13.0 Å². The van der Waals surface area contributed by atoms with Crippen LogP contribution in [0, 0.1) is 0 Å². The minimum Gasteiger partial charge on any atom is -0.390 e. The van der Waals surface area contributed by atoms with Gasteiger partial charge in [0.05, 0.1) is 6.10 Å². The number of nitrogens with one attached hydrogen (secondary N) is 1. The van der Waals surface area contributed by atoms with Gasteiger partial charge in [0, 0.05) is 45.2 Å². The summed E-state index contributed by atoms with van der Waals surface area (Å²) in [5, 5.41) is 13.3. The number of urea groups is 1. The molecule has 28 heavy (non-hydrogen) atoms. The van der Waals surface area contributed by atoms with Crippen molar-refractivity contribution in [2.45, 2.75) is 31.4 Å². The second-order valence-corrected chi connectivity index (χ2v) is 7.94. The molecule has 0 radical (unpaired) electrons. The normalized spacial score (nSPS) is 20.6. The highest BCUT2D eigenvalue weighted by molar-refractivity contribution is 5.74. The van der Waals surface area contributed by atoms with Crippen molar-refractivity contribution in [1.29, 1.82) is 0 Å². The molecule has 148 valence electrons. The SMILES string of the molecule is O=C(NC[C@H](O)CN1CCc2ccccc2C1)N1CC[C@@H](c2ccccc2)C1. The van der Waals surface area contributed by atoms with Crippen LogP contribution in [0.1, 0.15) is 29.0 Å². The first kappa shape index (κ1) is 19.0. The standard InChI is InChI=1S/C23H29N3O2/c27-22(17-25-12-10-19-8-4-5-9-20(19)15-25)14-24-23(28)26-13-11-21(16-26)18-6-2-1-3-7-18/h1-9,21-22,27H,10-17H2,(H,24,28)/t21-,22+/m1/s1. The largest absolute Gasteiger partial charge is 0.390 e. The molecule has 2 aromatic carbocycles. The first-order valence-electron chi connectivity index (χ1n) is 10.2. The molecule has 2 aliphatic heterocycles. The van der Waals surface area contributed by atoms with E-state index >= 15 is 0 Å². The number of β-amino-alcohol motifs (C(OH)–C–C–N with tert-alkyl or cyclic N) is 1. The number of rotatable bonds is 5. The van der Waals surface area contributed by atoms with E-state index in [4.69, 9.17) is 0 Å². The van der Waals surface area contributed by atoms with Crippen molar-refractivity contribution in [2.75, 3.05) is 32.7 Å². The molecule has 0 aromatic heterocycles. The van der Waals surface area contributed by atoms with E-state index in [0.29, 0.717) is 19.0 Å². The molecule has 5 heteroatoms. The third kappa shape index (κ3) is 4.54. The lowest BCUT2D eigenvalue weighted by molar-refractivity contribution is 0.104. The van der Waals surface area contributed by atoms with E-state index in [-0.39, 0.29) is 6.03 Å². The molecule has 0 spiro atoms. The zero-order valence-electron chi connectivity index (χ0n) is 16.3. The Bertz CT molecular complexity index is 795. The van der Waals surface area contributed by atoms with Gasteiger partial charge in [0.2, 0.25) is 0 Å². The Labute approximate surface area is 167 Å². The number of carbonyl (C=O) groups excluding carboxylic acids is 1. The van der Waals surface area contributed by atoms with Crippen LogP contribution in [0.5, 0.6) is 0 Å². The number of aliphatic hydroxyl groups is 1. The lowest BCUT2D eigenvalue weighted by atomic mass is 9.99. The quantitative estimate of drug-likeness (QED) is 0.840. The van der Waals surface area contributed by atoms with Crippen LogP contribution >= 0.6 is 0 Å². The molecule has 0 bridgehead atoms. The maximum Gasteiger partial charge on any atom is 0.317 e. The zero-order chi connectivity index (χ0) is 19.3. The summed E-state index contributed by atoms with van der Waals surface area (Å²) in [6, 6.07) is 18.8. The van der Waals surface area contributed by atoms with E-state index in [9.17, 15) is 9.90 Å². The molecule has 2 aromatic rings. The van der Waals surface area contributed by atoms with E-state index in [0.717, 1.165) is 39.0 Å². The number of likely N-dealkylation sites (tertiary alicyclic amines) is 1. The van der Waals surface area contributed by atoms with Gasteiger partial charge in [-0.05, 0) is 29.5 Å². The molecule has 0 saturated carbocycles. The van der Waals surface area contributed by atoms with Crippen molar-refractivity contribution in [3.63, 3.8) is 0 Å². The van der Waals surface area contributed by atoms with Crippen molar-refractivity contribution in [1.82, 2.24) is 15.1 Å². The van der Waals surface area contributed by atoms with E-state index in [2.05, 4.69) is 46.6 Å². The van der Waals surface area contributed by atoms with E-state index in [1.54, 1.807) is 0 Å². The molecular weight excluding hydrogens is 350 g/mol. The first-order valence-corrected chi connectivity index (χ1v) is 10.2. The Morgan fingerprint density at radius 2 is 1.82 bits per heavy atom. The van der Waals surface area contributed by atoms with Crippen LogP contribution in [0.3, 0.4) is 0 Å². The summed E-state index contributed by atoms with van der Waals surface area (Å²) in [6.07, 6.45) is 1.46. The fraction of sp³-hybridized carbons (Fsp3) is 0.435. The maximum atomic E-state index is 12.5. The number of carbonyl (C=O) groups is 1. The third-order valence-corrected chi connectivity index (χ3v) is 5.91. The summed E-state index contributed by atoms with van der Waals surface area (Å²) in [5.74, 6) is 0.408. The number of benzene rings is 2. The highest BCUT2D eigenvalue weighted by atomic mass is 16.3. The summed E-state index contributed by atoms with van der Waals surface area (Å²) >= 11 is 0. The molecule has 2 atom stereocenters. The molecule has 4 rings (SSSR count). The average molecular weight is 380 g/mol. The summed E-state index contributed by atoms with van der Waals surface area (Å²) in [4.78, 5) is 16.6. The monoisotopic (exact) mass is 379 g/mol. The summed E-state index contributed by atoms with van der Waals surface area (Å²) in [6.45, 7) is 4.21. The van der Waals surface area contributed by atoms with Gasteiger partial charge in [-0.25, -0.2) is 4.79 Å². The van der Waals surface area contributed by atoms with Gasteiger partial charge in [0.25, 0.3) is 0 Å². The number of nitrogens with zero attached hydrogens (tertiary/aromatic N) is 2. The van der Waals surface area contributed by atoms with E-state index < -0.39 is 6.10 Å². The lowest BCUT2D eigenvalue weighted by Gasteiger charge is -2.30. The molecule has 1 saturated heterocycles. The number of hydrogen-bond acceptors (Lipinski definition) is 3. The molecule has 2 heterocycles. The molecule has 2 amide bonds. The Kier molecular flexibility index (Phi) is 5.93. The Morgan fingerprint density at radius 1 is 1.07 bits per heavy atom. The van der Waals surface area contributed by atoms with Gasteiger partial charge in [-0.1, -0.05) is 54.6 Å². The summed E-state index contributed by atoms with van der Waals surface area (Å²) < 4.78 is 0. The second-order valence-electron chi connectivity index (χ2n) is 7.94. The minimum atomic E-state index is -0.554. The van der Waals surface area contributed by atoms with Gasteiger partial charge >= 0.3 is 6.03 Å². The minimum absolute atomic E-state index is 0.0681. The number of fused-ring (bicyclic) bond motifs is 1. The Morgan fingerprint density at radius 3 is 2.64 bits per heavy atom. The van der Waals surface area contributed by atoms with Crippen molar-refractivity contribution in [3.8, 4) is 0 Å².